The molecule has 0 aromatic heterocycles. The molecule has 0 aliphatic rings. The highest BCUT2D eigenvalue weighted by Crippen LogP contribution is 2.28. The van der Waals surface area contributed by atoms with E-state index in [-0.39, 0.29) is 12.5 Å². The fourth-order valence-corrected chi connectivity index (χ4v) is 1.61. The minimum atomic E-state index is -0.0427. The van der Waals surface area contributed by atoms with Crippen LogP contribution in [0.1, 0.15) is 13.8 Å². The van der Waals surface area contributed by atoms with E-state index >= 15 is 0 Å². The normalized spacial score (nSPS) is 9.94. The van der Waals surface area contributed by atoms with Crippen molar-refractivity contribution in [3.05, 3.63) is 18.2 Å². The maximum absolute atomic E-state index is 11.8. The number of hydrogen-bond acceptors (Lipinski definition) is 4. The van der Waals surface area contributed by atoms with Crippen LogP contribution in [0.2, 0.25) is 0 Å². The van der Waals surface area contributed by atoms with Crippen molar-refractivity contribution < 1.29 is 14.3 Å². The second kappa shape index (κ2) is 6.74. The average Bonchev–Trinajstić information content (AvgIpc) is 2.38. The summed E-state index contributed by atoms with van der Waals surface area (Å²) < 4.78 is 10.6. The quantitative estimate of drug-likeness (QED) is 0.780. The van der Waals surface area contributed by atoms with Crippen molar-refractivity contribution in [1.29, 1.82) is 0 Å². The van der Waals surface area contributed by atoms with E-state index in [4.69, 9.17) is 15.2 Å². The molecule has 5 heteroatoms. The first-order chi connectivity index (χ1) is 8.62. The molecule has 0 spiro atoms. The van der Waals surface area contributed by atoms with Crippen LogP contribution in [0.25, 0.3) is 0 Å². The fourth-order valence-electron chi connectivity index (χ4n) is 1.61. The molecule has 0 radical (unpaired) electrons. The number of rotatable bonds is 6. The second-order valence-electron chi connectivity index (χ2n) is 3.77. The van der Waals surface area contributed by atoms with Crippen molar-refractivity contribution in [3.8, 4) is 11.5 Å². The van der Waals surface area contributed by atoms with Crippen molar-refractivity contribution in [2.45, 2.75) is 13.8 Å². The summed E-state index contributed by atoms with van der Waals surface area (Å²) in [5, 5.41) is 0. The molecule has 0 heterocycles. The zero-order chi connectivity index (χ0) is 13.5. The molecule has 2 N–H and O–H groups in total. The molecule has 0 unspecified atom stereocenters. The van der Waals surface area contributed by atoms with Gasteiger partial charge in [-0.15, -0.1) is 0 Å². The van der Waals surface area contributed by atoms with Crippen molar-refractivity contribution in [3.63, 3.8) is 0 Å². The third kappa shape index (κ3) is 3.55. The summed E-state index contributed by atoms with van der Waals surface area (Å²) in [4.78, 5) is 13.5. The largest absolute Gasteiger partial charge is 0.493 e. The molecule has 0 fully saturated rings. The lowest BCUT2D eigenvalue weighted by Gasteiger charge is -2.19. The summed E-state index contributed by atoms with van der Waals surface area (Å²) in [5.74, 6) is 1.01. The molecule has 100 valence electrons. The molecule has 1 rings (SSSR count). The SMILES string of the molecule is CCN(CC)C(=O)COc1ccc(N)cc1OC. The van der Waals surface area contributed by atoms with Crippen molar-refractivity contribution >= 4 is 11.6 Å². The standard InChI is InChI=1S/C13H20N2O3/c1-4-15(5-2)13(16)9-18-11-7-6-10(14)8-12(11)17-3/h6-8H,4-5,9,14H2,1-3H3. The van der Waals surface area contributed by atoms with Crippen LogP contribution in [0.15, 0.2) is 18.2 Å². The highest BCUT2D eigenvalue weighted by atomic mass is 16.5. The molecule has 0 saturated heterocycles. The summed E-state index contributed by atoms with van der Waals surface area (Å²) >= 11 is 0. The van der Waals surface area contributed by atoms with Gasteiger partial charge in [-0.3, -0.25) is 4.79 Å². The molecule has 18 heavy (non-hydrogen) atoms. The summed E-state index contributed by atoms with van der Waals surface area (Å²) in [6, 6.07) is 5.07. The van der Waals surface area contributed by atoms with Gasteiger partial charge in [0.2, 0.25) is 0 Å². The zero-order valence-corrected chi connectivity index (χ0v) is 11.1. The van der Waals surface area contributed by atoms with Crippen LogP contribution in [0, 0.1) is 0 Å². The van der Waals surface area contributed by atoms with Gasteiger partial charge in [0.25, 0.3) is 5.91 Å². The van der Waals surface area contributed by atoms with E-state index in [2.05, 4.69) is 0 Å². The predicted octanol–water partition coefficient (Wildman–Crippen LogP) is 1.52. The lowest BCUT2D eigenvalue weighted by Crippen LogP contribution is -2.34. The number of nitrogens with two attached hydrogens (primary N) is 1. The molecule has 0 bridgehead atoms. The first-order valence-corrected chi connectivity index (χ1v) is 5.96. The van der Waals surface area contributed by atoms with Crippen LogP contribution in [0.5, 0.6) is 11.5 Å². The third-order valence-electron chi connectivity index (χ3n) is 2.65. The van der Waals surface area contributed by atoms with Crippen LogP contribution in [0.3, 0.4) is 0 Å². The molecule has 0 saturated carbocycles. The Labute approximate surface area is 107 Å². The van der Waals surface area contributed by atoms with Crippen LogP contribution in [0.4, 0.5) is 5.69 Å². The number of benzene rings is 1. The van der Waals surface area contributed by atoms with Gasteiger partial charge >= 0.3 is 0 Å². The minimum Gasteiger partial charge on any atom is -0.493 e. The van der Waals surface area contributed by atoms with Crippen LogP contribution in [-0.4, -0.2) is 37.6 Å². The molecule has 0 aliphatic heterocycles. The van der Waals surface area contributed by atoms with Gasteiger partial charge in [0.15, 0.2) is 18.1 Å². The summed E-state index contributed by atoms with van der Waals surface area (Å²) in [6.07, 6.45) is 0. The van der Waals surface area contributed by atoms with E-state index in [0.29, 0.717) is 30.3 Å². The number of nitrogens with zero attached hydrogens (tertiary/aromatic N) is 1. The summed E-state index contributed by atoms with van der Waals surface area (Å²) in [7, 11) is 1.54. The first kappa shape index (κ1) is 14.2. The highest BCUT2D eigenvalue weighted by molar-refractivity contribution is 5.77. The Balaban J connectivity index is 2.66. The molecule has 1 aromatic carbocycles. The Morgan fingerprint density at radius 1 is 1.28 bits per heavy atom. The molecule has 1 aromatic rings. The van der Waals surface area contributed by atoms with Crippen molar-refractivity contribution in [1.82, 2.24) is 4.90 Å². The predicted molar refractivity (Wildman–Crippen MR) is 70.8 cm³/mol. The number of carbonyl (C=O) groups excluding carboxylic acids is 1. The topological polar surface area (TPSA) is 64.8 Å². The third-order valence-corrected chi connectivity index (χ3v) is 2.65. The minimum absolute atomic E-state index is 0.00194. The maximum Gasteiger partial charge on any atom is 0.260 e. The van der Waals surface area contributed by atoms with Gasteiger partial charge in [0, 0.05) is 24.8 Å². The monoisotopic (exact) mass is 252 g/mol. The number of hydrogen-bond donors (Lipinski definition) is 1. The van der Waals surface area contributed by atoms with E-state index in [1.165, 1.54) is 7.11 Å². The molecular weight excluding hydrogens is 232 g/mol. The van der Waals surface area contributed by atoms with Crippen LogP contribution >= 0.6 is 0 Å². The van der Waals surface area contributed by atoms with E-state index in [1.54, 1.807) is 23.1 Å². The summed E-state index contributed by atoms with van der Waals surface area (Å²) in [5.41, 5.74) is 6.23. The number of methoxy groups -OCH3 is 1. The van der Waals surface area contributed by atoms with Crippen LogP contribution < -0.4 is 15.2 Å². The molecule has 0 atom stereocenters. The average molecular weight is 252 g/mol. The maximum atomic E-state index is 11.8. The van der Waals surface area contributed by atoms with E-state index in [1.807, 2.05) is 13.8 Å². The Bertz CT molecular complexity index is 403. The van der Waals surface area contributed by atoms with E-state index < -0.39 is 0 Å². The Hall–Kier alpha value is -1.91. The Morgan fingerprint density at radius 2 is 1.94 bits per heavy atom. The lowest BCUT2D eigenvalue weighted by molar-refractivity contribution is -0.132. The van der Waals surface area contributed by atoms with Gasteiger partial charge in [-0.05, 0) is 26.0 Å². The van der Waals surface area contributed by atoms with Gasteiger partial charge in [-0.2, -0.15) is 0 Å². The van der Waals surface area contributed by atoms with Crippen LogP contribution in [-0.2, 0) is 4.79 Å². The number of likely N-dealkylation sites (N-methyl/N-ethyl adjacent to an activating group) is 1. The number of ether oxygens (including phenoxy) is 2. The molecule has 0 aliphatic carbocycles. The van der Waals surface area contributed by atoms with Gasteiger partial charge in [-0.1, -0.05) is 0 Å². The lowest BCUT2D eigenvalue weighted by atomic mass is 10.3. The van der Waals surface area contributed by atoms with Crippen molar-refractivity contribution in [2.75, 3.05) is 32.5 Å². The van der Waals surface area contributed by atoms with Gasteiger partial charge in [-0.25, -0.2) is 0 Å². The van der Waals surface area contributed by atoms with Crippen molar-refractivity contribution in [2.24, 2.45) is 0 Å². The fraction of sp³-hybridized carbons (Fsp3) is 0.462. The molecule has 5 nitrogen and oxygen atoms in total. The second-order valence-corrected chi connectivity index (χ2v) is 3.77. The van der Waals surface area contributed by atoms with Gasteiger partial charge < -0.3 is 20.1 Å². The Kier molecular flexibility index (Phi) is 5.30. The smallest absolute Gasteiger partial charge is 0.260 e. The summed E-state index contributed by atoms with van der Waals surface area (Å²) in [6.45, 7) is 5.23. The number of amides is 1. The van der Waals surface area contributed by atoms with E-state index in [0.717, 1.165) is 0 Å². The van der Waals surface area contributed by atoms with Gasteiger partial charge in [0.1, 0.15) is 0 Å². The first-order valence-electron chi connectivity index (χ1n) is 5.96. The zero-order valence-electron chi connectivity index (χ0n) is 11.1. The number of nitrogen functional groups attached to an aromatic ring is 1. The highest BCUT2D eigenvalue weighted by Gasteiger charge is 2.12. The Morgan fingerprint density at radius 3 is 2.50 bits per heavy atom. The van der Waals surface area contributed by atoms with Gasteiger partial charge in [0.05, 0.1) is 7.11 Å². The molecular formula is C13H20N2O3. The number of carbonyl (C=O) groups is 1. The number of anilines is 1. The van der Waals surface area contributed by atoms with E-state index in [9.17, 15) is 4.79 Å². The molecule has 1 amide bonds.